The minimum absolute atomic E-state index is 1.14. The Labute approximate surface area is 64.2 Å². The van der Waals surface area contributed by atoms with E-state index in [-0.39, 0.29) is 0 Å². The fraction of sp³-hybridized carbons (Fsp3) is 1.00. The highest BCUT2D eigenvalue weighted by molar-refractivity contribution is 7.92. The molecule has 0 aromatic heterocycles. The zero-order chi connectivity index (χ0) is 8.57. The van der Waals surface area contributed by atoms with Gasteiger partial charge in [-0.3, -0.25) is 8.42 Å². The third-order valence-electron chi connectivity index (χ3n) is 0.136. The molecule has 0 aromatic carbocycles. The van der Waals surface area contributed by atoms with E-state index in [1.807, 2.05) is 14.1 Å². The molecule has 0 fully saturated rings. The Hall–Kier alpha value is 0.140. The van der Waals surface area contributed by atoms with Crippen molar-refractivity contribution >= 4 is 22.5 Å². The van der Waals surface area contributed by atoms with Crippen LogP contribution in [0.1, 0.15) is 0 Å². The van der Waals surface area contributed by atoms with E-state index in [2.05, 4.69) is 5.32 Å². The van der Waals surface area contributed by atoms with Gasteiger partial charge >= 0.3 is 0 Å². The van der Waals surface area contributed by atoms with Gasteiger partial charge in [-0.25, -0.2) is 0 Å². The molecular weight excluding hydrogens is 180 g/mol. The van der Waals surface area contributed by atoms with Gasteiger partial charge in [-0.2, -0.15) is 4.13 Å². The lowest BCUT2D eigenvalue weighted by molar-refractivity contribution is 0.515. The van der Waals surface area contributed by atoms with Gasteiger partial charge in [-0.15, -0.1) is 0 Å². The maximum atomic E-state index is 9.31. The number of nitrogens with one attached hydrogen (secondary N) is 2. The van der Waals surface area contributed by atoms with E-state index < -0.39 is 22.5 Å². The van der Waals surface area contributed by atoms with Crippen LogP contribution in [-0.4, -0.2) is 31.6 Å². The zero-order valence-electron chi connectivity index (χ0n) is 5.45. The van der Waals surface area contributed by atoms with Gasteiger partial charge in [0.05, 0.1) is 0 Å². The van der Waals surface area contributed by atoms with Gasteiger partial charge in [0, 0.05) is 22.5 Å². The molecule has 0 amide bonds. The predicted molar refractivity (Wildman–Crippen MR) is 36.0 cm³/mol. The van der Waals surface area contributed by atoms with Crippen LogP contribution in [0.3, 0.4) is 0 Å². The van der Waals surface area contributed by atoms with Crippen molar-refractivity contribution in [3.63, 3.8) is 0 Å². The fourth-order valence-electron chi connectivity index (χ4n) is 0.0556. The second-order valence-electron chi connectivity index (χ2n) is 1.05. The van der Waals surface area contributed by atoms with Gasteiger partial charge in [0.15, 0.2) is 0 Å². The van der Waals surface area contributed by atoms with Gasteiger partial charge < -0.3 is 14.4 Å². The molecule has 2 unspecified atom stereocenters. The largest absolute Gasteiger partial charge is 0.759 e. The van der Waals surface area contributed by atoms with E-state index >= 15 is 0 Å². The first-order valence-electron chi connectivity index (χ1n) is 2.07. The second-order valence-corrected chi connectivity index (χ2v) is 2.66. The van der Waals surface area contributed by atoms with Gasteiger partial charge in [-0.05, 0) is 14.1 Å². The minimum Gasteiger partial charge on any atom is -0.759 e. The monoisotopic (exact) mass is 188 g/mol. The molecule has 0 aliphatic heterocycles. The summed E-state index contributed by atoms with van der Waals surface area (Å²) in [5.74, 6) is 0. The lowest BCUT2D eigenvalue weighted by atomic mass is 11.3. The number of hydrogen-bond donors (Lipinski definition) is 2. The van der Waals surface area contributed by atoms with Crippen molar-refractivity contribution < 1.29 is 17.5 Å². The molecule has 0 aliphatic carbocycles. The Bertz CT molecular complexity index is 106. The van der Waals surface area contributed by atoms with Gasteiger partial charge in [0.2, 0.25) is 0 Å². The molecule has 0 heterocycles. The maximum absolute atomic E-state index is 9.31. The van der Waals surface area contributed by atoms with Gasteiger partial charge in [0.25, 0.3) is 0 Å². The summed E-state index contributed by atoms with van der Waals surface area (Å²) in [6.45, 7) is 0. The summed E-state index contributed by atoms with van der Waals surface area (Å²) in [7, 11) is 3.75. The molecule has 0 rings (SSSR count). The quantitative estimate of drug-likeness (QED) is 0.488. The molecule has 64 valence electrons. The molecule has 0 bridgehead atoms. The average Bonchev–Trinajstić information content (AvgIpc) is 1.62. The van der Waals surface area contributed by atoms with Crippen LogP contribution in [0.2, 0.25) is 0 Å². The Balaban J connectivity index is 0. The lowest BCUT2D eigenvalue weighted by Gasteiger charge is -2.07. The molecule has 0 saturated heterocycles. The third-order valence-corrected chi connectivity index (χ3v) is 1.22. The van der Waals surface area contributed by atoms with Crippen molar-refractivity contribution in [2.24, 2.45) is 0 Å². The van der Waals surface area contributed by atoms with E-state index in [4.69, 9.17) is 0 Å². The average molecular weight is 188 g/mol. The fourth-order valence-corrected chi connectivity index (χ4v) is 0.500. The highest BCUT2D eigenvalue weighted by Crippen LogP contribution is 1.63. The SMILES string of the molecule is CNC.O=S([O-])NS(=O)[O-]. The lowest BCUT2D eigenvalue weighted by Crippen LogP contribution is -2.18. The molecular formula is C2H8N2O4S2-2. The Morgan fingerprint density at radius 3 is 1.30 bits per heavy atom. The summed E-state index contributed by atoms with van der Waals surface area (Å²) in [6, 6.07) is 0. The summed E-state index contributed by atoms with van der Waals surface area (Å²) in [5, 5.41) is 2.75. The van der Waals surface area contributed by atoms with E-state index in [1.165, 1.54) is 0 Å². The zero-order valence-corrected chi connectivity index (χ0v) is 7.08. The van der Waals surface area contributed by atoms with Crippen LogP contribution in [0.5, 0.6) is 0 Å². The molecule has 10 heavy (non-hydrogen) atoms. The molecule has 6 nitrogen and oxygen atoms in total. The van der Waals surface area contributed by atoms with Gasteiger partial charge in [0.1, 0.15) is 0 Å². The van der Waals surface area contributed by atoms with E-state index in [0.29, 0.717) is 0 Å². The summed E-state index contributed by atoms with van der Waals surface area (Å²) in [5.41, 5.74) is 0. The molecule has 2 N–H and O–H groups in total. The third kappa shape index (κ3) is 24.2. The highest BCUT2D eigenvalue weighted by Gasteiger charge is 1.73. The van der Waals surface area contributed by atoms with E-state index in [1.54, 1.807) is 0 Å². The Morgan fingerprint density at radius 2 is 1.30 bits per heavy atom. The first-order valence-corrected chi connectivity index (χ1v) is 4.22. The summed E-state index contributed by atoms with van der Waals surface area (Å²) in [4.78, 5) is 0. The maximum Gasteiger partial charge on any atom is 0.0294 e. The minimum atomic E-state index is -2.71. The van der Waals surface area contributed by atoms with Crippen LogP contribution in [0, 0.1) is 0 Å². The van der Waals surface area contributed by atoms with Crippen LogP contribution >= 0.6 is 0 Å². The van der Waals surface area contributed by atoms with Crippen molar-refractivity contribution in [2.45, 2.75) is 0 Å². The van der Waals surface area contributed by atoms with Crippen molar-refractivity contribution in [1.29, 1.82) is 0 Å². The van der Waals surface area contributed by atoms with Crippen LogP contribution in [0.15, 0.2) is 0 Å². The molecule has 0 aliphatic rings. The normalized spacial score (nSPS) is 14.8. The van der Waals surface area contributed by atoms with Crippen LogP contribution in [0.4, 0.5) is 0 Å². The second kappa shape index (κ2) is 9.14. The first-order chi connectivity index (χ1) is 4.54. The summed E-state index contributed by atoms with van der Waals surface area (Å²) >= 11 is -5.42. The molecule has 0 spiro atoms. The number of rotatable bonds is 2. The van der Waals surface area contributed by atoms with Crippen molar-refractivity contribution in [2.75, 3.05) is 14.1 Å². The predicted octanol–water partition coefficient (Wildman–Crippen LogP) is -2.00. The molecule has 8 heteroatoms. The Morgan fingerprint density at radius 1 is 1.10 bits per heavy atom. The topological polar surface area (TPSA) is 104 Å². The van der Waals surface area contributed by atoms with Crippen LogP contribution < -0.4 is 9.44 Å². The summed E-state index contributed by atoms with van der Waals surface area (Å²) < 4.78 is 38.4. The smallest absolute Gasteiger partial charge is 0.0294 e. The molecule has 0 radical (unpaired) electrons. The summed E-state index contributed by atoms with van der Waals surface area (Å²) in [6.07, 6.45) is 0. The standard InChI is InChI=1S/C2H7N.H3NO4S2/c1-3-2;2-6(3)1-7(4)5/h3H,1-2H3;1H,(H,2,3)(H,4,5)/p-2. The van der Waals surface area contributed by atoms with Crippen molar-refractivity contribution in [3.05, 3.63) is 0 Å². The van der Waals surface area contributed by atoms with Crippen LogP contribution in [-0.2, 0) is 22.5 Å². The van der Waals surface area contributed by atoms with Crippen LogP contribution in [0.25, 0.3) is 0 Å². The van der Waals surface area contributed by atoms with Crippen molar-refractivity contribution in [3.8, 4) is 0 Å². The van der Waals surface area contributed by atoms with Gasteiger partial charge in [-0.1, -0.05) is 0 Å². The van der Waals surface area contributed by atoms with Crippen molar-refractivity contribution in [1.82, 2.24) is 9.44 Å². The van der Waals surface area contributed by atoms with E-state index in [9.17, 15) is 17.5 Å². The van der Waals surface area contributed by atoms with E-state index in [0.717, 1.165) is 4.13 Å². The first kappa shape index (κ1) is 12.8. The highest BCUT2D eigenvalue weighted by atomic mass is 32.3. The molecule has 0 aromatic rings. The molecule has 0 saturated carbocycles. The Kier molecular flexibility index (Phi) is 11.7. The number of hydrogen-bond acceptors (Lipinski definition) is 5. The molecule has 2 atom stereocenters.